The molecule has 0 spiro atoms. The molecule has 0 fully saturated rings. The van der Waals surface area contributed by atoms with E-state index in [9.17, 15) is 0 Å². The van der Waals surface area contributed by atoms with Crippen LogP contribution in [0.2, 0.25) is 0 Å². The van der Waals surface area contributed by atoms with Crippen molar-refractivity contribution in [3.8, 4) is 0 Å². The van der Waals surface area contributed by atoms with Crippen LogP contribution >= 0.6 is 0 Å². The molecule has 2 rings (SSSR count). The van der Waals surface area contributed by atoms with Gasteiger partial charge in [0.2, 0.25) is 0 Å². The summed E-state index contributed by atoms with van der Waals surface area (Å²) in [7, 11) is 4.01. The molecule has 0 bridgehead atoms. The number of methoxy groups -OCH3 is 1. The van der Waals surface area contributed by atoms with E-state index in [-0.39, 0.29) is 0 Å². The number of quaternary nitrogens is 1. The molecule has 0 aromatic heterocycles. The molecule has 1 atom stereocenters. The highest BCUT2D eigenvalue weighted by Crippen LogP contribution is 2.33. The monoisotopic (exact) mass is 204 g/mol. The van der Waals surface area contributed by atoms with E-state index in [2.05, 4.69) is 43.6 Å². The Morgan fingerprint density at radius 3 is 2.87 bits per heavy atom. The van der Waals surface area contributed by atoms with E-state index in [0.29, 0.717) is 0 Å². The fraction of sp³-hybridized carbons (Fsp3) is 0.385. The first-order valence-corrected chi connectivity index (χ1v) is 5.39. The van der Waals surface area contributed by atoms with Crippen LogP contribution < -0.4 is 4.48 Å². The van der Waals surface area contributed by atoms with Gasteiger partial charge in [-0.15, -0.1) is 0 Å². The van der Waals surface area contributed by atoms with Crippen molar-refractivity contribution in [2.24, 2.45) is 0 Å². The Balaban J connectivity index is 2.14. The highest BCUT2D eigenvalue weighted by molar-refractivity contribution is 5.72. The van der Waals surface area contributed by atoms with Crippen LogP contribution in [0.15, 0.2) is 30.5 Å². The maximum atomic E-state index is 5.10. The Bertz CT molecular complexity index is 373. The van der Waals surface area contributed by atoms with Crippen molar-refractivity contribution in [1.29, 1.82) is 0 Å². The van der Waals surface area contributed by atoms with Crippen LogP contribution in [0.1, 0.15) is 12.0 Å². The molecule has 80 valence electrons. The molecule has 1 aliphatic rings. The summed E-state index contributed by atoms with van der Waals surface area (Å²) in [5.41, 5.74) is 2.74. The van der Waals surface area contributed by atoms with E-state index in [4.69, 9.17) is 4.74 Å². The average molecular weight is 204 g/mol. The number of hydrogen-bond donors (Lipinski definition) is 0. The lowest BCUT2D eigenvalue weighted by molar-refractivity contribution is 0.187. The van der Waals surface area contributed by atoms with Crippen LogP contribution in [0.5, 0.6) is 0 Å². The highest BCUT2D eigenvalue weighted by atomic mass is 16.5. The summed E-state index contributed by atoms with van der Waals surface area (Å²) in [6.45, 7) is 1.94. The van der Waals surface area contributed by atoms with Crippen molar-refractivity contribution in [3.63, 3.8) is 0 Å². The second-order valence-corrected chi connectivity index (χ2v) is 4.21. The van der Waals surface area contributed by atoms with Gasteiger partial charge in [-0.1, -0.05) is 12.1 Å². The minimum atomic E-state index is 0.837. The van der Waals surface area contributed by atoms with Crippen LogP contribution in [-0.4, -0.2) is 27.3 Å². The molecule has 15 heavy (non-hydrogen) atoms. The first-order valence-electron chi connectivity index (χ1n) is 5.39. The molecule has 1 aromatic rings. The Morgan fingerprint density at radius 1 is 1.27 bits per heavy atom. The summed E-state index contributed by atoms with van der Waals surface area (Å²) >= 11 is 0. The number of hydrogen-bond acceptors (Lipinski definition) is 1. The fourth-order valence-corrected chi connectivity index (χ4v) is 2.15. The first kappa shape index (κ1) is 10.4. The lowest BCUT2D eigenvalue weighted by Crippen LogP contribution is -2.38. The van der Waals surface area contributed by atoms with Crippen molar-refractivity contribution in [2.75, 3.05) is 27.3 Å². The van der Waals surface area contributed by atoms with Crippen molar-refractivity contribution in [1.82, 2.24) is 4.48 Å². The lowest BCUT2D eigenvalue weighted by Gasteiger charge is -2.27. The van der Waals surface area contributed by atoms with Crippen LogP contribution in [0, 0.1) is 0 Å². The SMILES string of the molecule is COCCC[N+]1(C)C=Cc2ccccc21. The molecule has 1 aliphatic heterocycles. The third-order valence-electron chi connectivity index (χ3n) is 3.04. The van der Waals surface area contributed by atoms with E-state index < -0.39 is 0 Å². The zero-order valence-electron chi connectivity index (χ0n) is 9.44. The summed E-state index contributed by atoms with van der Waals surface area (Å²) in [5, 5.41) is 0. The predicted octanol–water partition coefficient (Wildman–Crippen LogP) is 2.64. The molecule has 0 saturated carbocycles. The molecule has 1 heterocycles. The van der Waals surface area contributed by atoms with Crippen molar-refractivity contribution < 1.29 is 4.74 Å². The van der Waals surface area contributed by atoms with Gasteiger partial charge in [0, 0.05) is 31.2 Å². The van der Waals surface area contributed by atoms with Gasteiger partial charge in [-0.3, -0.25) is 4.48 Å². The van der Waals surface area contributed by atoms with Gasteiger partial charge in [0.05, 0.1) is 20.2 Å². The molecule has 1 unspecified atom stereocenters. The van der Waals surface area contributed by atoms with Crippen molar-refractivity contribution in [3.05, 3.63) is 36.0 Å². The molecule has 2 heteroatoms. The third kappa shape index (κ3) is 1.96. The molecule has 0 saturated heterocycles. The van der Waals surface area contributed by atoms with Gasteiger partial charge < -0.3 is 4.74 Å². The maximum absolute atomic E-state index is 5.10. The molecular weight excluding hydrogens is 186 g/mol. The normalized spacial score (nSPS) is 23.1. The quantitative estimate of drug-likeness (QED) is 0.541. The minimum absolute atomic E-state index is 0.837. The van der Waals surface area contributed by atoms with Gasteiger partial charge in [0.25, 0.3) is 0 Å². The zero-order valence-corrected chi connectivity index (χ0v) is 9.44. The smallest absolute Gasteiger partial charge is 0.144 e. The van der Waals surface area contributed by atoms with Gasteiger partial charge in [-0.05, 0) is 6.07 Å². The van der Waals surface area contributed by atoms with Gasteiger partial charge in [0.15, 0.2) is 0 Å². The topological polar surface area (TPSA) is 9.23 Å². The van der Waals surface area contributed by atoms with E-state index >= 15 is 0 Å². The number of nitrogens with zero attached hydrogens (tertiary/aromatic N) is 1. The molecular formula is C13H18NO+. The van der Waals surface area contributed by atoms with Crippen LogP contribution in [-0.2, 0) is 4.74 Å². The van der Waals surface area contributed by atoms with Crippen molar-refractivity contribution in [2.45, 2.75) is 6.42 Å². The summed E-state index contributed by atoms with van der Waals surface area (Å²) < 4.78 is 6.00. The number of benzene rings is 1. The van der Waals surface area contributed by atoms with Crippen LogP contribution in [0.4, 0.5) is 5.69 Å². The van der Waals surface area contributed by atoms with Gasteiger partial charge >= 0.3 is 0 Å². The van der Waals surface area contributed by atoms with Crippen LogP contribution in [0.3, 0.4) is 0 Å². The second kappa shape index (κ2) is 4.17. The van der Waals surface area contributed by atoms with Crippen LogP contribution in [0.25, 0.3) is 6.08 Å². The highest BCUT2D eigenvalue weighted by Gasteiger charge is 2.28. The fourth-order valence-electron chi connectivity index (χ4n) is 2.15. The zero-order chi connectivity index (χ0) is 10.7. The lowest BCUT2D eigenvalue weighted by atomic mass is 10.2. The van der Waals surface area contributed by atoms with E-state index in [1.807, 2.05) is 0 Å². The number of rotatable bonds is 4. The summed E-state index contributed by atoms with van der Waals surface area (Å²) in [4.78, 5) is 0. The molecule has 2 nitrogen and oxygen atoms in total. The number of fused-ring (bicyclic) bond motifs is 1. The molecule has 0 aliphatic carbocycles. The molecule has 0 radical (unpaired) electrons. The molecule has 1 aromatic carbocycles. The third-order valence-corrected chi connectivity index (χ3v) is 3.04. The summed E-state index contributed by atoms with van der Waals surface area (Å²) in [6, 6.07) is 8.58. The minimum Gasteiger partial charge on any atom is -0.384 e. The predicted molar refractivity (Wildman–Crippen MR) is 64.6 cm³/mol. The van der Waals surface area contributed by atoms with Crippen molar-refractivity contribution >= 4 is 11.8 Å². The standard InChI is InChI=1S/C13H18NO/c1-14(9-5-11-15-2)10-8-12-6-3-4-7-13(12)14/h3-4,6-8,10H,5,9,11H2,1-2H3/q+1. The van der Waals surface area contributed by atoms with E-state index in [1.54, 1.807) is 7.11 Å². The largest absolute Gasteiger partial charge is 0.384 e. The number of para-hydroxylation sites is 1. The summed E-state index contributed by atoms with van der Waals surface area (Å²) in [5.74, 6) is 0. The van der Waals surface area contributed by atoms with Gasteiger partial charge in [-0.2, -0.15) is 0 Å². The Hall–Kier alpha value is -1.12. The average Bonchev–Trinajstić information content (AvgIpc) is 2.59. The van der Waals surface area contributed by atoms with E-state index in [1.165, 1.54) is 11.3 Å². The number of ether oxygens (including phenoxy) is 1. The van der Waals surface area contributed by atoms with E-state index in [0.717, 1.165) is 24.1 Å². The maximum Gasteiger partial charge on any atom is 0.144 e. The molecule has 0 N–H and O–H groups in total. The summed E-state index contributed by atoms with van der Waals surface area (Å²) in [6.07, 6.45) is 5.56. The first-order chi connectivity index (χ1) is 7.26. The Kier molecular flexibility index (Phi) is 2.89. The van der Waals surface area contributed by atoms with Gasteiger partial charge in [-0.25, -0.2) is 0 Å². The Labute approximate surface area is 91.4 Å². The second-order valence-electron chi connectivity index (χ2n) is 4.21. The van der Waals surface area contributed by atoms with Gasteiger partial charge in [0.1, 0.15) is 11.9 Å². The Morgan fingerprint density at radius 2 is 2.07 bits per heavy atom. The molecule has 0 amide bonds.